The summed E-state index contributed by atoms with van der Waals surface area (Å²) in [7, 11) is 0. The van der Waals surface area contributed by atoms with Gasteiger partial charge in [-0.15, -0.1) is 0 Å². The molecule has 2 heterocycles. The minimum atomic E-state index is -1.12. The van der Waals surface area contributed by atoms with Crippen LogP contribution >= 0.6 is 0 Å². The van der Waals surface area contributed by atoms with Crippen LogP contribution in [0.1, 0.15) is 12.1 Å². The number of hydrogen-bond donors (Lipinski definition) is 3. The third kappa shape index (κ3) is 3.37. The highest BCUT2D eigenvalue weighted by Gasteiger charge is 2.37. The Balaban J connectivity index is 1.81. The summed E-state index contributed by atoms with van der Waals surface area (Å²) in [5.74, 6) is 0.471. The van der Waals surface area contributed by atoms with Crippen LogP contribution in [0.5, 0.6) is 5.88 Å². The van der Waals surface area contributed by atoms with Gasteiger partial charge < -0.3 is 24.8 Å². The molecule has 0 spiro atoms. The summed E-state index contributed by atoms with van der Waals surface area (Å²) in [4.78, 5) is 0. The maximum atomic E-state index is 9.88. The standard InChI is InChI=1S/C16H20N2O5/c1-10-7-14(18(17-10)11-5-3-2-4-6-11)23-15-8-12(20)16(21)13(9-19)22-15/h2-7,12-13,15-16,19-21H,8-9H2,1H3. The summed E-state index contributed by atoms with van der Waals surface area (Å²) in [6, 6.07) is 11.3. The molecule has 3 rings (SSSR count). The maximum Gasteiger partial charge on any atom is 0.219 e. The Morgan fingerprint density at radius 2 is 2.04 bits per heavy atom. The molecule has 0 bridgehead atoms. The van der Waals surface area contributed by atoms with E-state index in [1.807, 2.05) is 37.3 Å². The molecule has 0 saturated carbocycles. The van der Waals surface area contributed by atoms with Crippen molar-refractivity contribution in [3.63, 3.8) is 0 Å². The van der Waals surface area contributed by atoms with Gasteiger partial charge in [-0.1, -0.05) is 18.2 Å². The van der Waals surface area contributed by atoms with Gasteiger partial charge in [0, 0.05) is 12.5 Å². The molecule has 7 nitrogen and oxygen atoms in total. The fourth-order valence-corrected chi connectivity index (χ4v) is 2.59. The zero-order chi connectivity index (χ0) is 16.4. The molecule has 0 aliphatic carbocycles. The molecule has 23 heavy (non-hydrogen) atoms. The Hall–Kier alpha value is -1.93. The van der Waals surface area contributed by atoms with Crippen molar-refractivity contribution in [3.8, 4) is 11.6 Å². The lowest BCUT2D eigenvalue weighted by atomic mass is 10.0. The van der Waals surface area contributed by atoms with E-state index in [9.17, 15) is 15.3 Å². The highest BCUT2D eigenvalue weighted by molar-refractivity contribution is 5.35. The van der Waals surface area contributed by atoms with E-state index in [4.69, 9.17) is 9.47 Å². The van der Waals surface area contributed by atoms with Crippen LogP contribution in [0.2, 0.25) is 0 Å². The first-order valence-corrected chi connectivity index (χ1v) is 7.49. The van der Waals surface area contributed by atoms with E-state index in [0.29, 0.717) is 5.88 Å². The third-order valence-corrected chi connectivity index (χ3v) is 3.77. The summed E-state index contributed by atoms with van der Waals surface area (Å²) in [5, 5.41) is 33.3. The molecule has 2 aromatic rings. The lowest BCUT2D eigenvalue weighted by molar-refractivity contribution is -0.231. The topological polar surface area (TPSA) is 97.0 Å². The highest BCUT2D eigenvalue weighted by Crippen LogP contribution is 2.26. The fraction of sp³-hybridized carbons (Fsp3) is 0.438. The van der Waals surface area contributed by atoms with Crippen molar-refractivity contribution in [2.24, 2.45) is 0 Å². The number of benzene rings is 1. The quantitative estimate of drug-likeness (QED) is 0.754. The van der Waals surface area contributed by atoms with Crippen molar-refractivity contribution >= 4 is 0 Å². The number of aliphatic hydroxyl groups excluding tert-OH is 3. The second-order valence-electron chi connectivity index (χ2n) is 5.57. The number of ether oxygens (including phenoxy) is 2. The molecule has 4 unspecified atom stereocenters. The molecule has 1 aliphatic rings. The van der Waals surface area contributed by atoms with Crippen molar-refractivity contribution in [2.45, 2.75) is 37.9 Å². The van der Waals surface area contributed by atoms with E-state index in [0.717, 1.165) is 11.4 Å². The fourth-order valence-electron chi connectivity index (χ4n) is 2.59. The van der Waals surface area contributed by atoms with Gasteiger partial charge in [-0.05, 0) is 19.1 Å². The predicted molar refractivity (Wildman–Crippen MR) is 81.3 cm³/mol. The molecule has 4 atom stereocenters. The van der Waals surface area contributed by atoms with Crippen LogP contribution in [0.4, 0.5) is 0 Å². The summed E-state index contributed by atoms with van der Waals surface area (Å²) < 4.78 is 13.0. The van der Waals surface area contributed by atoms with E-state index in [1.165, 1.54) is 0 Å². The second-order valence-corrected chi connectivity index (χ2v) is 5.57. The molecule has 1 aliphatic heterocycles. The molecule has 1 saturated heterocycles. The maximum absolute atomic E-state index is 9.88. The van der Waals surface area contributed by atoms with Gasteiger partial charge in [0.25, 0.3) is 0 Å². The first kappa shape index (κ1) is 15.9. The molecule has 0 radical (unpaired) electrons. The first-order chi connectivity index (χ1) is 11.1. The van der Waals surface area contributed by atoms with Crippen molar-refractivity contribution in [1.29, 1.82) is 0 Å². The second kappa shape index (κ2) is 6.67. The van der Waals surface area contributed by atoms with Crippen molar-refractivity contribution in [2.75, 3.05) is 6.61 Å². The minimum Gasteiger partial charge on any atom is -0.448 e. The molecule has 1 aromatic carbocycles. The Morgan fingerprint density at radius 1 is 1.30 bits per heavy atom. The van der Waals surface area contributed by atoms with Gasteiger partial charge in [0.1, 0.15) is 12.2 Å². The van der Waals surface area contributed by atoms with Gasteiger partial charge in [-0.3, -0.25) is 0 Å². The van der Waals surface area contributed by atoms with E-state index < -0.39 is 31.2 Å². The highest BCUT2D eigenvalue weighted by atomic mass is 16.7. The molecule has 1 aromatic heterocycles. The normalized spacial score (nSPS) is 27.8. The number of para-hydroxylation sites is 1. The molecule has 3 N–H and O–H groups in total. The Labute approximate surface area is 133 Å². The number of hydrogen-bond acceptors (Lipinski definition) is 6. The molecule has 7 heteroatoms. The van der Waals surface area contributed by atoms with Gasteiger partial charge in [0.05, 0.1) is 24.1 Å². The van der Waals surface area contributed by atoms with Crippen LogP contribution in [0, 0.1) is 6.92 Å². The van der Waals surface area contributed by atoms with Gasteiger partial charge >= 0.3 is 0 Å². The Kier molecular flexibility index (Phi) is 4.63. The number of aromatic nitrogens is 2. The number of aryl methyl sites for hydroxylation is 1. The van der Waals surface area contributed by atoms with Crippen LogP contribution in [0.15, 0.2) is 36.4 Å². The average molecular weight is 320 g/mol. The summed E-state index contributed by atoms with van der Waals surface area (Å²) in [5.41, 5.74) is 1.62. The predicted octanol–water partition coefficient (Wildman–Crippen LogP) is 0.389. The third-order valence-electron chi connectivity index (χ3n) is 3.77. The molecule has 0 amide bonds. The van der Waals surface area contributed by atoms with Crippen molar-refractivity contribution in [1.82, 2.24) is 9.78 Å². The lowest BCUT2D eigenvalue weighted by Crippen LogP contribution is -2.51. The lowest BCUT2D eigenvalue weighted by Gasteiger charge is -2.35. The number of rotatable bonds is 4. The zero-order valence-corrected chi connectivity index (χ0v) is 12.7. The van der Waals surface area contributed by atoms with Crippen molar-refractivity contribution < 1.29 is 24.8 Å². The molecule has 124 valence electrons. The monoisotopic (exact) mass is 320 g/mol. The van der Waals surface area contributed by atoms with Crippen LogP contribution < -0.4 is 4.74 Å². The largest absolute Gasteiger partial charge is 0.448 e. The van der Waals surface area contributed by atoms with E-state index in [-0.39, 0.29) is 6.42 Å². The van der Waals surface area contributed by atoms with Crippen LogP contribution in [-0.2, 0) is 4.74 Å². The van der Waals surface area contributed by atoms with Gasteiger partial charge in [-0.25, -0.2) is 4.68 Å². The van der Waals surface area contributed by atoms with E-state index >= 15 is 0 Å². The van der Waals surface area contributed by atoms with Gasteiger partial charge in [0.15, 0.2) is 0 Å². The number of aliphatic hydroxyl groups is 3. The van der Waals surface area contributed by atoms with Crippen LogP contribution in [0.3, 0.4) is 0 Å². The Morgan fingerprint density at radius 3 is 2.74 bits per heavy atom. The minimum absolute atomic E-state index is 0.108. The van der Waals surface area contributed by atoms with Crippen molar-refractivity contribution in [3.05, 3.63) is 42.1 Å². The SMILES string of the molecule is Cc1cc(OC2CC(O)C(O)C(CO)O2)n(-c2ccccc2)n1. The van der Waals surface area contributed by atoms with E-state index in [1.54, 1.807) is 10.7 Å². The summed E-state index contributed by atoms with van der Waals surface area (Å²) in [6.07, 6.45) is -3.68. The van der Waals surface area contributed by atoms with E-state index in [2.05, 4.69) is 5.10 Å². The Bertz CT molecular complexity index is 645. The smallest absolute Gasteiger partial charge is 0.219 e. The van der Waals surface area contributed by atoms with Gasteiger partial charge in [-0.2, -0.15) is 5.10 Å². The molecular weight excluding hydrogens is 300 g/mol. The van der Waals surface area contributed by atoms with Gasteiger partial charge in [0.2, 0.25) is 12.2 Å². The summed E-state index contributed by atoms with van der Waals surface area (Å²) in [6.45, 7) is 1.46. The molecular formula is C16H20N2O5. The van der Waals surface area contributed by atoms with Crippen LogP contribution in [-0.4, -0.2) is 56.3 Å². The van der Waals surface area contributed by atoms with Crippen LogP contribution in [0.25, 0.3) is 5.69 Å². The molecule has 1 fully saturated rings. The summed E-state index contributed by atoms with van der Waals surface area (Å²) >= 11 is 0. The first-order valence-electron chi connectivity index (χ1n) is 7.49. The zero-order valence-electron chi connectivity index (χ0n) is 12.7. The average Bonchev–Trinajstić information content (AvgIpc) is 2.92. The number of nitrogens with zero attached hydrogens (tertiary/aromatic N) is 2.